The Morgan fingerprint density at radius 3 is 2.38 bits per heavy atom. The highest BCUT2D eigenvalue weighted by Gasteiger charge is 2.15. The van der Waals surface area contributed by atoms with Gasteiger partial charge >= 0.3 is 0 Å². The van der Waals surface area contributed by atoms with Crippen LogP contribution in [0, 0.1) is 0 Å². The van der Waals surface area contributed by atoms with Gasteiger partial charge in [0.2, 0.25) is 5.13 Å². The van der Waals surface area contributed by atoms with E-state index in [1.165, 1.54) is 37.7 Å². The topological polar surface area (TPSA) is 34.5 Å². The first-order valence-corrected chi connectivity index (χ1v) is 13.5. The Morgan fingerprint density at radius 1 is 0.912 bits per heavy atom. The number of halogens is 1. The van der Waals surface area contributed by atoms with Crippen LogP contribution in [-0.4, -0.2) is 11.2 Å². The second kappa shape index (κ2) is 11.1. The van der Waals surface area contributed by atoms with Gasteiger partial charge in [0.15, 0.2) is 0 Å². The summed E-state index contributed by atoms with van der Waals surface area (Å²) in [5.74, 6) is 1.57. The maximum atomic E-state index is 5.88. The zero-order valence-corrected chi connectivity index (χ0v) is 21.4. The Hall–Kier alpha value is -2.76. The summed E-state index contributed by atoms with van der Waals surface area (Å²) in [6.45, 7) is 0.546. The van der Waals surface area contributed by atoms with Crippen LogP contribution in [0.5, 0.6) is 5.75 Å². The number of hydrogen-bond acceptors (Lipinski definition) is 4. The molecule has 3 aromatic carbocycles. The molecule has 1 heterocycles. The number of nitrogens with zero attached hydrogens (tertiary/aromatic N) is 2. The van der Waals surface area contributed by atoms with Crippen LogP contribution in [-0.2, 0) is 6.61 Å². The summed E-state index contributed by atoms with van der Waals surface area (Å²) >= 11 is 5.02. The summed E-state index contributed by atoms with van der Waals surface area (Å²) in [4.78, 5) is 9.30. The van der Waals surface area contributed by atoms with Gasteiger partial charge in [0.1, 0.15) is 12.4 Å². The van der Waals surface area contributed by atoms with Crippen LogP contribution in [0.1, 0.15) is 54.7 Å². The molecule has 34 heavy (non-hydrogen) atoms. The first kappa shape index (κ1) is 23.0. The fourth-order valence-electron chi connectivity index (χ4n) is 4.35. The minimum Gasteiger partial charge on any atom is -0.489 e. The van der Waals surface area contributed by atoms with Crippen molar-refractivity contribution in [3.8, 4) is 17.0 Å². The van der Waals surface area contributed by atoms with Crippen LogP contribution in [0.2, 0.25) is 0 Å². The van der Waals surface area contributed by atoms with Crippen LogP contribution in [0.3, 0.4) is 0 Å². The largest absolute Gasteiger partial charge is 0.489 e. The second-order valence-electron chi connectivity index (χ2n) is 8.71. The molecule has 5 heteroatoms. The summed E-state index contributed by atoms with van der Waals surface area (Å²) in [6.07, 6.45) is 8.62. The third-order valence-electron chi connectivity index (χ3n) is 6.30. The Morgan fingerprint density at radius 2 is 1.65 bits per heavy atom. The zero-order chi connectivity index (χ0) is 23.2. The molecule has 0 N–H and O–H groups in total. The first-order valence-electron chi connectivity index (χ1n) is 11.8. The number of aromatic nitrogens is 1. The van der Waals surface area contributed by atoms with E-state index in [2.05, 4.69) is 62.7 Å². The van der Waals surface area contributed by atoms with Crippen molar-refractivity contribution in [1.82, 2.24) is 4.98 Å². The minimum atomic E-state index is 0.546. The molecular formula is C29H27BrN2OS. The molecule has 3 nitrogen and oxygen atoms in total. The summed E-state index contributed by atoms with van der Waals surface area (Å²) in [5.41, 5.74) is 5.77. The normalized spacial score (nSPS) is 14.5. The van der Waals surface area contributed by atoms with Crippen molar-refractivity contribution in [1.29, 1.82) is 0 Å². The highest BCUT2D eigenvalue weighted by molar-refractivity contribution is 9.10. The molecule has 0 bridgehead atoms. The van der Waals surface area contributed by atoms with E-state index in [0.29, 0.717) is 6.61 Å². The van der Waals surface area contributed by atoms with Gasteiger partial charge in [-0.15, -0.1) is 11.3 Å². The summed E-state index contributed by atoms with van der Waals surface area (Å²) < 4.78 is 6.95. The molecule has 0 unspecified atom stereocenters. The van der Waals surface area contributed by atoms with E-state index in [4.69, 9.17) is 9.72 Å². The fraction of sp³-hybridized carbons (Fsp3) is 0.241. The zero-order valence-electron chi connectivity index (χ0n) is 19.0. The van der Waals surface area contributed by atoms with Gasteiger partial charge in [0, 0.05) is 21.6 Å². The van der Waals surface area contributed by atoms with Crippen molar-refractivity contribution in [3.63, 3.8) is 0 Å². The monoisotopic (exact) mass is 530 g/mol. The summed E-state index contributed by atoms with van der Waals surface area (Å²) in [7, 11) is 0. The lowest BCUT2D eigenvalue weighted by Crippen LogP contribution is -2.04. The van der Waals surface area contributed by atoms with Gasteiger partial charge in [-0.3, -0.25) is 0 Å². The van der Waals surface area contributed by atoms with Crippen LogP contribution >= 0.6 is 27.3 Å². The predicted molar refractivity (Wildman–Crippen MR) is 146 cm³/mol. The molecule has 1 saturated carbocycles. The maximum Gasteiger partial charge on any atom is 0.209 e. The van der Waals surface area contributed by atoms with Gasteiger partial charge in [-0.1, -0.05) is 71.6 Å². The maximum absolute atomic E-state index is 5.88. The lowest BCUT2D eigenvalue weighted by Gasteiger charge is -2.22. The molecule has 0 saturated heterocycles. The van der Waals surface area contributed by atoms with Crippen molar-refractivity contribution in [2.45, 2.75) is 44.6 Å². The van der Waals surface area contributed by atoms with Crippen molar-refractivity contribution in [2.24, 2.45) is 4.99 Å². The van der Waals surface area contributed by atoms with Gasteiger partial charge in [-0.2, -0.15) is 0 Å². The number of aliphatic imine (C=N–C) groups is 1. The standard InChI is InChI=1S/C29H27BrN2OS/c30-26-14-6-22(7-15-26)19-33-27-16-8-21(9-17-27)18-31-29-32-28(20-34-29)25-12-10-24(11-13-25)23-4-2-1-3-5-23/h6-18,20,23H,1-5,19H2. The Balaban J connectivity index is 1.17. The van der Waals surface area contributed by atoms with Crippen LogP contribution in [0.25, 0.3) is 11.3 Å². The molecule has 0 radical (unpaired) electrons. The molecule has 1 aliphatic carbocycles. The smallest absolute Gasteiger partial charge is 0.209 e. The molecular weight excluding hydrogens is 504 g/mol. The lowest BCUT2D eigenvalue weighted by molar-refractivity contribution is 0.306. The van der Waals surface area contributed by atoms with E-state index in [9.17, 15) is 0 Å². The summed E-state index contributed by atoms with van der Waals surface area (Å²) in [6, 6.07) is 25.1. The number of benzene rings is 3. The number of hydrogen-bond donors (Lipinski definition) is 0. The van der Waals surface area contributed by atoms with Gasteiger partial charge in [-0.25, -0.2) is 9.98 Å². The van der Waals surface area contributed by atoms with E-state index >= 15 is 0 Å². The second-order valence-corrected chi connectivity index (χ2v) is 10.5. The molecule has 0 aliphatic heterocycles. The van der Waals surface area contributed by atoms with E-state index < -0.39 is 0 Å². The molecule has 0 spiro atoms. The molecule has 0 atom stereocenters. The van der Waals surface area contributed by atoms with E-state index in [1.807, 2.05) is 42.6 Å². The quantitative estimate of drug-likeness (QED) is 0.223. The van der Waals surface area contributed by atoms with Gasteiger partial charge in [-0.05, 0) is 71.8 Å². The molecule has 5 rings (SSSR count). The molecule has 0 amide bonds. The fourth-order valence-corrected chi connectivity index (χ4v) is 5.28. The number of rotatable bonds is 7. The average molecular weight is 532 g/mol. The average Bonchev–Trinajstić information content (AvgIpc) is 3.38. The van der Waals surface area contributed by atoms with Crippen molar-refractivity contribution >= 4 is 38.6 Å². The highest BCUT2D eigenvalue weighted by Crippen LogP contribution is 2.34. The minimum absolute atomic E-state index is 0.546. The number of thiazole rings is 1. The Labute approximate surface area is 213 Å². The molecule has 172 valence electrons. The lowest BCUT2D eigenvalue weighted by atomic mass is 9.84. The Bertz CT molecular complexity index is 1220. The first-order chi connectivity index (χ1) is 16.7. The molecule has 4 aromatic rings. The van der Waals surface area contributed by atoms with E-state index in [1.54, 1.807) is 11.3 Å². The van der Waals surface area contributed by atoms with Gasteiger partial charge in [0.05, 0.1) is 5.69 Å². The van der Waals surface area contributed by atoms with Crippen molar-refractivity contribution < 1.29 is 4.74 Å². The third kappa shape index (κ3) is 6.02. The molecule has 1 aliphatic rings. The van der Waals surface area contributed by atoms with Gasteiger partial charge in [0.25, 0.3) is 0 Å². The number of ether oxygens (including phenoxy) is 1. The SMILES string of the molecule is Brc1ccc(COc2ccc(C=Nc3nc(-c4ccc(C5CCCCC5)cc4)cs3)cc2)cc1. The van der Waals surface area contributed by atoms with Crippen molar-refractivity contribution in [3.05, 3.63) is 99.3 Å². The Kier molecular flexibility index (Phi) is 7.52. The van der Waals surface area contributed by atoms with Crippen LogP contribution in [0.4, 0.5) is 5.13 Å². The van der Waals surface area contributed by atoms with Crippen LogP contribution in [0.15, 0.2) is 87.6 Å². The third-order valence-corrected chi connectivity index (χ3v) is 7.58. The van der Waals surface area contributed by atoms with Crippen molar-refractivity contribution in [2.75, 3.05) is 0 Å². The highest BCUT2D eigenvalue weighted by atomic mass is 79.9. The van der Waals surface area contributed by atoms with Crippen LogP contribution < -0.4 is 4.74 Å². The summed E-state index contributed by atoms with van der Waals surface area (Å²) in [5, 5.41) is 2.85. The van der Waals surface area contributed by atoms with Gasteiger partial charge < -0.3 is 4.74 Å². The van der Waals surface area contributed by atoms with E-state index in [-0.39, 0.29) is 0 Å². The predicted octanol–water partition coefficient (Wildman–Crippen LogP) is 8.95. The molecule has 1 fully saturated rings. The van der Waals surface area contributed by atoms with E-state index in [0.717, 1.165) is 43.7 Å². The molecule has 1 aromatic heterocycles.